The Balaban J connectivity index is 2.72. The van der Waals surface area contributed by atoms with Crippen LogP contribution in [0.4, 0.5) is 4.39 Å². The number of hydrogen-bond acceptors (Lipinski definition) is 3. The number of nitrogens with zero attached hydrogens (tertiary/aromatic N) is 1. The molecule has 1 atom stereocenters. The van der Waals surface area contributed by atoms with Crippen LogP contribution in [0.25, 0.3) is 0 Å². The highest BCUT2D eigenvalue weighted by atomic mass is 35.5. The van der Waals surface area contributed by atoms with Gasteiger partial charge in [-0.25, -0.2) is 4.39 Å². The second-order valence-corrected chi connectivity index (χ2v) is 6.20. The van der Waals surface area contributed by atoms with Crippen LogP contribution < -0.4 is 4.72 Å². The summed E-state index contributed by atoms with van der Waals surface area (Å²) in [5.41, 5.74) is 0.248. The van der Waals surface area contributed by atoms with Gasteiger partial charge >= 0.3 is 0 Å². The molecule has 0 aliphatic rings. The van der Waals surface area contributed by atoms with Crippen molar-refractivity contribution >= 4 is 21.8 Å². The third kappa shape index (κ3) is 3.89. The van der Waals surface area contributed by atoms with E-state index in [-0.39, 0.29) is 17.1 Å². The average molecular weight is 297 g/mol. The number of nitrogens with one attached hydrogen (secondary N) is 1. The van der Waals surface area contributed by atoms with Gasteiger partial charge in [-0.15, -0.1) is 0 Å². The maximum Gasteiger partial charge on any atom is 0.279 e. The van der Waals surface area contributed by atoms with Crippen molar-refractivity contribution in [2.75, 3.05) is 20.6 Å². The summed E-state index contributed by atoms with van der Waals surface area (Å²) in [5.74, 6) is -0.663. The predicted octanol–water partition coefficient (Wildman–Crippen LogP) is 0.909. The average Bonchev–Trinajstić information content (AvgIpc) is 2.29. The minimum absolute atomic E-state index is 0.0557. The molecule has 8 heteroatoms. The first-order valence-corrected chi connectivity index (χ1v) is 6.86. The zero-order valence-electron chi connectivity index (χ0n) is 9.89. The lowest BCUT2D eigenvalue weighted by Crippen LogP contribution is -2.37. The number of halogens is 2. The molecular formula is C10H14ClFN2O3S. The fraction of sp³-hybridized carbons (Fsp3) is 0.400. The van der Waals surface area contributed by atoms with E-state index in [2.05, 4.69) is 4.72 Å². The molecule has 0 saturated carbocycles. The van der Waals surface area contributed by atoms with Crippen LogP contribution in [0.1, 0.15) is 11.7 Å². The highest BCUT2D eigenvalue weighted by Crippen LogP contribution is 2.20. The Labute approximate surface area is 110 Å². The Hall–Kier alpha value is -0.730. The number of aliphatic hydroxyl groups excluding tert-OH is 1. The lowest BCUT2D eigenvalue weighted by atomic mass is 10.1. The van der Waals surface area contributed by atoms with Crippen molar-refractivity contribution in [2.24, 2.45) is 0 Å². The lowest BCUT2D eigenvalue weighted by molar-refractivity contribution is 0.181. The molecule has 1 rings (SSSR count). The van der Waals surface area contributed by atoms with E-state index in [1.54, 1.807) is 0 Å². The van der Waals surface area contributed by atoms with Crippen LogP contribution in [0, 0.1) is 5.82 Å². The van der Waals surface area contributed by atoms with E-state index in [4.69, 9.17) is 11.6 Å². The van der Waals surface area contributed by atoms with Gasteiger partial charge in [0.25, 0.3) is 10.2 Å². The van der Waals surface area contributed by atoms with Crippen LogP contribution >= 0.6 is 11.6 Å². The fourth-order valence-electron chi connectivity index (χ4n) is 1.15. The fourth-order valence-corrected chi connectivity index (χ4v) is 1.90. The van der Waals surface area contributed by atoms with Crippen molar-refractivity contribution in [3.63, 3.8) is 0 Å². The van der Waals surface area contributed by atoms with E-state index < -0.39 is 22.1 Å². The summed E-state index contributed by atoms with van der Waals surface area (Å²) >= 11 is 5.50. The van der Waals surface area contributed by atoms with Gasteiger partial charge in [-0.05, 0) is 17.7 Å². The van der Waals surface area contributed by atoms with Crippen LogP contribution in [0.2, 0.25) is 5.02 Å². The summed E-state index contributed by atoms with van der Waals surface area (Å²) in [5, 5.41) is 9.67. The van der Waals surface area contributed by atoms with Gasteiger partial charge in [0.2, 0.25) is 0 Å². The summed E-state index contributed by atoms with van der Waals surface area (Å²) in [6.07, 6.45) is -1.15. The molecular weight excluding hydrogens is 283 g/mol. The van der Waals surface area contributed by atoms with Gasteiger partial charge in [-0.2, -0.15) is 17.4 Å². The summed E-state index contributed by atoms with van der Waals surface area (Å²) in [4.78, 5) is 0. The summed E-state index contributed by atoms with van der Waals surface area (Å²) in [6, 6.07) is 3.80. The molecule has 0 bridgehead atoms. The van der Waals surface area contributed by atoms with Crippen LogP contribution in [-0.2, 0) is 10.2 Å². The Morgan fingerprint density at radius 2 is 2.11 bits per heavy atom. The summed E-state index contributed by atoms with van der Waals surface area (Å²) in [7, 11) is -0.900. The van der Waals surface area contributed by atoms with Crippen LogP contribution in [0.5, 0.6) is 0 Å². The molecule has 0 radical (unpaired) electrons. The summed E-state index contributed by atoms with van der Waals surface area (Å²) in [6.45, 7) is -0.248. The number of hydrogen-bond donors (Lipinski definition) is 2. The molecule has 1 aromatic carbocycles. The number of rotatable bonds is 5. The second kappa shape index (κ2) is 5.94. The van der Waals surface area contributed by atoms with E-state index >= 15 is 0 Å². The highest BCUT2D eigenvalue weighted by Gasteiger charge is 2.16. The maximum atomic E-state index is 13.2. The number of benzene rings is 1. The minimum Gasteiger partial charge on any atom is -0.387 e. The second-order valence-electron chi connectivity index (χ2n) is 3.83. The van der Waals surface area contributed by atoms with E-state index in [1.807, 2.05) is 0 Å². The third-order valence-corrected chi connectivity index (χ3v) is 4.07. The van der Waals surface area contributed by atoms with Gasteiger partial charge in [0.05, 0.1) is 11.1 Å². The highest BCUT2D eigenvalue weighted by molar-refractivity contribution is 7.87. The van der Waals surface area contributed by atoms with Gasteiger partial charge in [0, 0.05) is 20.6 Å². The molecule has 0 amide bonds. The molecule has 0 aliphatic heterocycles. The molecule has 1 aromatic rings. The van der Waals surface area contributed by atoms with Crippen molar-refractivity contribution in [3.8, 4) is 0 Å². The SMILES string of the molecule is CN(C)S(=O)(=O)NC[C@@H](O)c1ccc(Cl)c(F)c1. The van der Waals surface area contributed by atoms with Crippen molar-refractivity contribution in [3.05, 3.63) is 34.6 Å². The Bertz CT molecular complexity index is 522. The molecule has 0 spiro atoms. The minimum atomic E-state index is -3.62. The maximum absolute atomic E-state index is 13.2. The third-order valence-electron chi connectivity index (χ3n) is 2.27. The largest absolute Gasteiger partial charge is 0.387 e. The van der Waals surface area contributed by atoms with E-state index in [0.717, 1.165) is 10.4 Å². The van der Waals surface area contributed by atoms with E-state index in [0.29, 0.717) is 0 Å². The monoisotopic (exact) mass is 296 g/mol. The van der Waals surface area contributed by atoms with Crippen LogP contribution in [0.15, 0.2) is 18.2 Å². The predicted molar refractivity (Wildman–Crippen MR) is 67.0 cm³/mol. The van der Waals surface area contributed by atoms with Gasteiger partial charge in [-0.1, -0.05) is 17.7 Å². The quantitative estimate of drug-likeness (QED) is 0.848. The smallest absolute Gasteiger partial charge is 0.279 e. The Morgan fingerprint density at radius 3 is 2.61 bits per heavy atom. The molecule has 2 N–H and O–H groups in total. The van der Waals surface area contributed by atoms with Crippen LogP contribution in [-0.4, -0.2) is 38.5 Å². The molecule has 0 fully saturated rings. The zero-order valence-corrected chi connectivity index (χ0v) is 11.5. The molecule has 0 unspecified atom stereocenters. The summed E-state index contributed by atoms with van der Waals surface area (Å²) < 4.78 is 39.1. The first kappa shape index (κ1) is 15.3. The van der Waals surface area contributed by atoms with Gasteiger partial charge in [-0.3, -0.25) is 0 Å². The van der Waals surface area contributed by atoms with Crippen molar-refractivity contribution in [2.45, 2.75) is 6.10 Å². The topological polar surface area (TPSA) is 69.6 Å². The Morgan fingerprint density at radius 1 is 1.50 bits per heavy atom. The van der Waals surface area contributed by atoms with E-state index in [9.17, 15) is 17.9 Å². The van der Waals surface area contributed by atoms with Crippen LogP contribution in [0.3, 0.4) is 0 Å². The van der Waals surface area contributed by atoms with Gasteiger partial charge in [0.1, 0.15) is 5.82 Å². The van der Waals surface area contributed by atoms with Gasteiger partial charge < -0.3 is 5.11 Å². The molecule has 5 nitrogen and oxygen atoms in total. The molecule has 18 heavy (non-hydrogen) atoms. The molecule has 0 aromatic heterocycles. The molecule has 0 heterocycles. The normalized spacial score (nSPS) is 13.9. The zero-order chi connectivity index (χ0) is 13.9. The first-order valence-electron chi connectivity index (χ1n) is 5.04. The van der Waals surface area contributed by atoms with Crippen molar-refractivity contribution < 1.29 is 17.9 Å². The lowest BCUT2D eigenvalue weighted by Gasteiger charge is -2.16. The van der Waals surface area contributed by atoms with E-state index in [1.165, 1.54) is 26.2 Å². The number of aliphatic hydroxyl groups is 1. The molecule has 0 saturated heterocycles. The molecule has 102 valence electrons. The standard InChI is InChI=1S/C10H14ClFN2O3S/c1-14(2)18(16,17)13-6-10(15)7-3-4-8(11)9(12)5-7/h3-5,10,13,15H,6H2,1-2H3/t10-/m1/s1. The molecule has 0 aliphatic carbocycles. The first-order chi connectivity index (χ1) is 8.24. The van der Waals surface area contributed by atoms with Crippen molar-refractivity contribution in [1.29, 1.82) is 0 Å². The van der Waals surface area contributed by atoms with Crippen molar-refractivity contribution in [1.82, 2.24) is 9.03 Å². The van der Waals surface area contributed by atoms with Gasteiger partial charge in [0.15, 0.2) is 0 Å². The Kier molecular flexibility index (Phi) is 5.06.